The topological polar surface area (TPSA) is 58.4 Å². The van der Waals surface area contributed by atoms with E-state index >= 15 is 0 Å². The van der Waals surface area contributed by atoms with Crippen LogP contribution in [0.15, 0.2) is 0 Å². The molecule has 0 aromatic carbocycles. The number of hydrogen-bond acceptors (Lipinski definition) is 3. The molecule has 0 spiro atoms. The zero-order chi connectivity index (χ0) is 9.56. The fraction of sp³-hybridized carbons (Fsp3) is 0.875. The summed E-state index contributed by atoms with van der Waals surface area (Å²) in [6.45, 7) is 3.41. The van der Waals surface area contributed by atoms with Gasteiger partial charge in [-0.05, 0) is 20.5 Å². The van der Waals surface area contributed by atoms with Gasteiger partial charge in [0.1, 0.15) is 0 Å². The molecule has 0 aliphatic rings. The van der Waals surface area contributed by atoms with Gasteiger partial charge in [0, 0.05) is 13.1 Å². The Labute approximate surface area is 74.1 Å². The number of nitrogens with one attached hydrogen (secondary N) is 1. The molecule has 12 heavy (non-hydrogen) atoms. The Morgan fingerprint density at radius 3 is 2.58 bits per heavy atom. The maximum atomic E-state index is 11.1. The summed E-state index contributed by atoms with van der Waals surface area (Å²) in [6.07, 6.45) is 0.688. The average molecular weight is 173 g/mol. The van der Waals surface area contributed by atoms with E-state index in [1.807, 2.05) is 25.9 Å². The molecule has 0 saturated heterocycles. The molecule has 3 N–H and O–H groups in total. The second-order valence-corrected chi connectivity index (χ2v) is 3.11. The van der Waals surface area contributed by atoms with Crippen LogP contribution in [0.2, 0.25) is 0 Å². The third-order valence-electron chi connectivity index (χ3n) is 1.63. The van der Waals surface area contributed by atoms with E-state index in [1.54, 1.807) is 0 Å². The largest absolute Gasteiger partial charge is 0.353 e. The summed E-state index contributed by atoms with van der Waals surface area (Å²) in [7, 11) is 3.93. The first-order valence-corrected chi connectivity index (χ1v) is 4.26. The highest BCUT2D eigenvalue weighted by molar-refractivity contribution is 5.81. The zero-order valence-electron chi connectivity index (χ0n) is 8.13. The molecule has 0 fully saturated rings. The number of carbonyl (C=O) groups excluding carboxylic acids is 1. The van der Waals surface area contributed by atoms with E-state index in [-0.39, 0.29) is 11.9 Å². The van der Waals surface area contributed by atoms with E-state index in [0.29, 0.717) is 13.0 Å². The molecule has 1 unspecified atom stereocenters. The van der Waals surface area contributed by atoms with Crippen LogP contribution in [0.25, 0.3) is 0 Å². The van der Waals surface area contributed by atoms with Crippen molar-refractivity contribution in [3.63, 3.8) is 0 Å². The highest BCUT2D eigenvalue weighted by Crippen LogP contribution is 1.84. The molecule has 0 radical (unpaired) electrons. The fourth-order valence-corrected chi connectivity index (χ4v) is 0.719. The van der Waals surface area contributed by atoms with Crippen LogP contribution < -0.4 is 11.1 Å². The summed E-state index contributed by atoms with van der Waals surface area (Å²) in [5.74, 6) is -0.0562. The first-order valence-electron chi connectivity index (χ1n) is 4.26. The van der Waals surface area contributed by atoms with Crippen molar-refractivity contribution in [2.45, 2.75) is 19.4 Å². The Kier molecular flexibility index (Phi) is 5.66. The van der Waals surface area contributed by atoms with Crippen molar-refractivity contribution >= 4 is 5.91 Å². The van der Waals surface area contributed by atoms with Crippen LogP contribution in [0.5, 0.6) is 0 Å². The normalized spacial score (nSPS) is 13.1. The summed E-state index contributed by atoms with van der Waals surface area (Å²) in [4.78, 5) is 13.1. The second-order valence-electron chi connectivity index (χ2n) is 3.11. The summed E-state index contributed by atoms with van der Waals surface area (Å²) in [6, 6.07) is -0.354. The van der Waals surface area contributed by atoms with Crippen LogP contribution in [0.1, 0.15) is 13.3 Å². The van der Waals surface area contributed by atoms with Crippen molar-refractivity contribution in [2.75, 3.05) is 27.2 Å². The third kappa shape index (κ3) is 5.09. The van der Waals surface area contributed by atoms with Crippen molar-refractivity contribution < 1.29 is 4.79 Å². The van der Waals surface area contributed by atoms with Crippen LogP contribution in [-0.2, 0) is 4.79 Å². The number of hydrogen-bond donors (Lipinski definition) is 2. The molecular formula is C8H19N3O. The molecule has 0 aromatic rings. The summed E-state index contributed by atoms with van der Waals surface area (Å²) in [5.41, 5.74) is 5.51. The fourth-order valence-electron chi connectivity index (χ4n) is 0.719. The molecule has 4 nitrogen and oxygen atoms in total. The Morgan fingerprint density at radius 2 is 2.17 bits per heavy atom. The van der Waals surface area contributed by atoms with Gasteiger partial charge in [0.25, 0.3) is 0 Å². The molecule has 0 bridgehead atoms. The van der Waals surface area contributed by atoms with Crippen LogP contribution >= 0.6 is 0 Å². The number of amides is 1. The molecular weight excluding hydrogens is 154 g/mol. The Hall–Kier alpha value is -0.610. The van der Waals surface area contributed by atoms with Crippen LogP contribution in [0.4, 0.5) is 0 Å². The number of nitrogens with two attached hydrogens (primary N) is 1. The van der Waals surface area contributed by atoms with Crippen molar-refractivity contribution in [3.8, 4) is 0 Å². The van der Waals surface area contributed by atoms with E-state index in [1.165, 1.54) is 0 Å². The molecule has 0 saturated carbocycles. The van der Waals surface area contributed by atoms with Gasteiger partial charge < -0.3 is 16.0 Å². The van der Waals surface area contributed by atoms with Gasteiger partial charge in [-0.1, -0.05) is 6.92 Å². The number of nitrogens with zero attached hydrogens (tertiary/aromatic N) is 1. The molecule has 1 amide bonds. The smallest absolute Gasteiger partial charge is 0.236 e. The zero-order valence-corrected chi connectivity index (χ0v) is 8.13. The average Bonchev–Trinajstić information content (AvgIpc) is 2.02. The third-order valence-corrected chi connectivity index (χ3v) is 1.63. The van der Waals surface area contributed by atoms with Crippen LogP contribution in [0, 0.1) is 0 Å². The van der Waals surface area contributed by atoms with E-state index in [4.69, 9.17) is 5.73 Å². The van der Waals surface area contributed by atoms with Gasteiger partial charge in [-0.15, -0.1) is 0 Å². The van der Waals surface area contributed by atoms with Crippen molar-refractivity contribution in [3.05, 3.63) is 0 Å². The van der Waals surface area contributed by atoms with E-state index < -0.39 is 0 Å². The number of likely N-dealkylation sites (N-methyl/N-ethyl adjacent to an activating group) is 1. The molecule has 0 aromatic heterocycles. The molecule has 72 valence electrons. The van der Waals surface area contributed by atoms with Crippen LogP contribution in [-0.4, -0.2) is 44.0 Å². The van der Waals surface area contributed by atoms with Crippen molar-refractivity contribution in [2.24, 2.45) is 5.73 Å². The summed E-state index contributed by atoms with van der Waals surface area (Å²) < 4.78 is 0. The lowest BCUT2D eigenvalue weighted by molar-refractivity contribution is -0.122. The second kappa shape index (κ2) is 5.97. The number of rotatable bonds is 5. The van der Waals surface area contributed by atoms with Crippen LogP contribution in [0.3, 0.4) is 0 Å². The maximum absolute atomic E-state index is 11.1. The lowest BCUT2D eigenvalue weighted by atomic mass is 10.2. The van der Waals surface area contributed by atoms with Gasteiger partial charge in [0.15, 0.2) is 0 Å². The van der Waals surface area contributed by atoms with Gasteiger partial charge in [-0.25, -0.2) is 0 Å². The standard InChI is InChI=1S/C8H19N3O/c1-4-7(9)8(12)10-5-6-11(2)3/h7H,4-6,9H2,1-3H3,(H,10,12). The Morgan fingerprint density at radius 1 is 1.58 bits per heavy atom. The monoisotopic (exact) mass is 173 g/mol. The van der Waals surface area contributed by atoms with Gasteiger partial charge in [0.2, 0.25) is 5.91 Å². The van der Waals surface area contributed by atoms with Crippen molar-refractivity contribution in [1.29, 1.82) is 0 Å². The minimum Gasteiger partial charge on any atom is -0.353 e. The lowest BCUT2D eigenvalue weighted by Gasteiger charge is -2.12. The van der Waals surface area contributed by atoms with Gasteiger partial charge in [-0.2, -0.15) is 0 Å². The molecule has 4 heteroatoms. The molecule has 0 rings (SSSR count). The minimum absolute atomic E-state index is 0.0562. The predicted molar refractivity (Wildman–Crippen MR) is 49.8 cm³/mol. The number of carbonyl (C=O) groups is 1. The molecule has 0 aliphatic heterocycles. The van der Waals surface area contributed by atoms with Gasteiger partial charge in [-0.3, -0.25) is 4.79 Å². The maximum Gasteiger partial charge on any atom is 0.236 e. The van der Waals surface area contributed by atoms with E-state index in [0.717, 1.165) is 6.54 Å². The van der Waals surface area contributed by atoms with Crippen molar-refractivity contribution in [1.82, 2.24) is 10.2 Å². The van der Waals surface area contributed by atoms with Gasteiger partial charge >= 0.3 is 0 Å². The molecule has 0 heterocycles. The molecule has 0 aliphatic carbocycles. The highest BCUT2D eigenvalue weighted by Gasteiger charge is 2.08. The van der Waals surface area contributed by atoms with E-state index in [2.05, 4.69) is 5.32 Å². The first-order chi connectivity index (χ1) is 5.57. The predicted octanol–water partition coefficient (Wildman–Crippen LogP) is -0.598. The highest BCUT2D eigenvalue weighted by atomic mass is 16.2. The Bertz CT molecular complexity index is 136. The quantitative estimate of drug-likeness (QED) is 0.584. The SMILES string of the molecule is CCC(N)C(=O)NCCN(C)C. The minimum atomic E-state index is -0.354. The van der Waals surface area contributed by atoms with Gasteiger partial charge in [0.05, 0.1) is 6.04 Å². The summed E-state index contributed by atoms with van der Waals surface area (Å²) >= 11 is 0. The summed E-state index contributed by atoms with van der Waals surface area (Å²) in [5, 5.41) is 2.76. The lowest BCUT2D eigenvalue weighted by Crippen LogP contribution is -2.42. The first kappa shape index (κ1) is 11.4. The Balaban J connectivity index is 3.44. The van der Waals surface area contributed by atoms with E-state index in [9.17, 15) is 4.79 Å². The molecule has 1 atom stereocenters.